The quantitative estimate of drug-likeness (QED) is 0.472. The number of nitro benzene ring substituents is 2. The summed E-state index contributed by atoms with van der Waals surface area (Å²) >= 11 is 0. The van der Waals surface area contributed by atoms with Gasteiger partial charge in [0.05, 0.1) is 9.85 Å². The molecule has 0 saturated heterocycles. The van der Waals surface area contributed by atoms with Crippen molar-refractivity contribution >= 4 is 11.4 Å². The molecule has 8 nitrogen and oxygen atoms in total. The number of rotatable bonds is 5. The highest BCUT2D eigenvalue weighted by Gasteiger charge is 2.19. The highest BCUT2D eigenvalue weighted by atomic mass is 17.2. The van der Waals surface area contributed by atoms with Crippen molar-refractivity contribution in [2.45, 2.75) is 0 Å². The predicted molar refractivity (Wildman–Crippen MR) is 67.4 cm³/mol. The van der Waals surface area contributed by atoms with E-state index in [1.807, 2.05) is 0 Å². The molecule has 0 amide bonds. The molecule has 0 radical (unpaired) electrons. The Labute approximate surface area is 112 Å². The maximum Gasteiger partial charge on any atom is 0.316 e. The zero-order valence-corrected chi connectivity index (χ0v) is 9.96. The van der Waals surface area contributed by atoms with Crippen molar-refractivity contribution in [2.75, 3.05) is 0 Å². The first kappa shape index (κ1) is 13.3. The lowest BCUT2D eigenvalue weighted by atomic mass is 10.3. The second-order valence-corrected chi connectivity index (χ2v) is 3.62. The number of hydrogen-bond donors (Lipinski definition) is 0. The molecule has 2 aromatic rings. The van der Waals surface area contributed by atoms with Gasteiger partial charge in [0.2, 0.25) is 0 Å². The van der Waals surface area contributed by atoms with E-state index < -0.39 is 9.85 Å². The maximum absolute atomic E-state index is 10.8. The summed E-state index contributed by atoms with van der Waals surface area (Å²) in [6.07, 6.45) is 0. The zero-order chi connectivity index (χ0) is 14.5. The van der Waals surface area contributed by atoms with Gasteiger partial charge in [-0.1, -0.05) is 24.3 Å². The summed E-state index contributed by atoms with van der Waals surface area (Å²) in [5, 5.41) is 21.5. The second-order valence-electron chi connectivity index (χ2n) is 3.62. The summed E-state index contributed by atoms with van der Waals surface area (Å²) in [6.45, 7) is 0. The molecule has 0 aliphatic rings. The zero-order valence-electron chi connectivity index (χ0n) is 9.96. The minimum atomic E-state index is -0.641. The molecule has 2 rings (SSSR count). The summed E-state index contributed by atoms with van der Waals surface area (Å²) < 4.78 is 0. The predicted octanol–water partition coefficient (Wildman–Crippen LogP) is 2.88. The van der Waals surface area contributed by atoms with Crippen molar-refractivity contribution in [1.82, 2.24) is 0 Å². The smallest absolute Gasteiger partial charge is 0.282 e. The van der Waals surface area contributed by atoms with Gasteiger partial charge in [-0.25, -0.2) is 0 Å². The van der Waals surface area contributed by atoms with E-state index in [-0.39, 0.29) is 22.9 Å². The Kier molecular flexibility index (Phi) is 3.75. The largest absolute Gasteiger partial charge is 0.316 e. The highest BCUT2D eigenvalue weighted by molar-refractivity contribution is 5.47. The minimum absolute atomic E-state index is 0.143. The van der Waals surface area contributed by atoms with Gasteiger partial charge in [-0.2, -0.15) is 0 Å². The van der Waals surface area contributed by atoms with Gasteiger partial charge in [0.1, 0.15) is 0 Å². The van der Waals surface area contributed by atoms with Crippen molar-refractivity contribution in [3.05, 3.63) is 68.8 Å². The highest BCUT2D eigenvalue weighted by Crippen LogP contribution is 2.30. The van der Waals surface area contributed by atoms with Crippen LogP contribution >= 0.6 is 0 Å². The van der Waals surface area contributed by atoms with Crippen LogP contribution in [0.25, 0.3) is 0 Å². The molecule has 0 aliphatic heterocycles. The molecule has 8 heteroatoms. The molecule has 0 fully saturated rings. The Morgan fingerprint density at radius 2 is 1.05 bits per heavy atom. The molecule has 0 spiro atoms. The van der Waals surface area contributed by atoms with E-state index in [2.05, 4.69) is 0 Å². The second kappa shape index (κ2) is 5.65. The number of benzene rings is 2. The summed E-state index contributed by atoms with van der Waals surface area (Å²) in [4.78, 5) is 29.9. The van der Waals surface area contributed by atoms with Gasteiger partial charge in [-0.15, -0.1) is 0 Å². The molecule has 102 valence electrons. The molecule has 0 saturated carbocycles. The van der Waals surface area contributed by atoms with Crippen molar-refractivity contribution < 1.29 is 19.6 Å². The van der Waals surface area contributed by atoms with E-state index in [4.69, 9.17) is 9.78 Å². The fourth-order valence-electron chi connectivity index (χ4n) is 1.45. The fourth-order valence-corrected chi connectivity index (χ4v) is 1.45. The summed E-state index contributed by atoms with van der Waals surface area (Å²) in [5.41, 5.74) is -0.600. The van der Waals surface area contributed by atoms with Gasteiger partial charge in [-0.05, 0) is 12.1 Å². The Morgan fingerprint density at radius 1 is 0.700 bits per heavy atom. The van der Waals surface area contributed by atoms with E-state index in [1.54, 1.807) is 0 Å². The van der Waals surface area contributed by atoms with Gasteiger partial charge in [0, 0.05) is 12.1 Å². The van der Waals surface area contributed by atoms with Crippen LogP contribution in [0.5, 0.6) is 11.5 Å². The van der Waals surface area contributed by atoms with Crippen molar-refractivity contribution in [3.63, 3.8) is 0 Å². The Hall–Kier alpha value is -3.16. The van der Waals surface area contributed by atoms with Gasteiger partial charge in [0.25, 0.3) is 11.5 Å². The maximum atomic E-state index is 10.8. The van der Waals surface area contributed by atoms with Gasteiger partial charge in [0.15, 0.2) is 0 Å². The van der Waals surface area contributed by atoms with Crippen LogP contribution in [0.2, 0.25) is 0 Å². The Bertz CT molecular complexity index is 600. The number of nitro groups is 2. The number of hydrogen-bond acceptors (Lipinski definition) is 6. The molecule has 0 atom stereocenters. The lowest BCUT2D eigenvalue weighted by Gasteiger charge is -2.06. The normalized spacial score (nSPS) is 9.80. The molecule has 0 unspecified atom stereocenters. The summed E-state index contributed by atoms with van der Waals surface area (Å²) in [7, 11) is 0. The third-order valence-electron chi connectivity index (χ3n) is 2.35. The third-order valence-corrected chi connectivity index (χ3v) is 2.35. The van der Waals surface area contributed by atoms with Crippen LogP contribution in [0, 0.1) is 20.2 Å². The molecular weight excluding hydrogens is 268 g/mol. The van der Waals surface area contributed by atoms with Gasteiger partial charge in [-0.3, -0.25) is 30.0 Å². The average molecular weight is 276 g/mol. The van der Waals surface area contributed by atoms with Crippen molar-refractivity contribution in [3.8, 4) is 11.5 Å². The Morgan fingerprint density at radius 3 is 1.40 bits per heavy atom. The Balaban J connectivity index is 2.22. The van der Waals surface area contributed by atoms with Crippen molar-refractivity contribution in [1.29, 1.82) is 0 Å². The SMILES string of the molecule is O=[N+]([O-])c1ccccc1OOc1ccccc1[N+](=O)[O-]. The molecular formula is C12H8N2O6. The summed E-state index contributed by atoms with van der Waals surface area (Å²) in [6, 6.07) is 11.1. The molecule has 20 heavy (non-hydrogen) atoms. The van der Waals surface area contributed by atoms with E-state index in [0.717, 1.165) is 0 Å². The van der Waals surface area contributed by atoms with Crippen molar-refractivity contribution in [2.24, 2.45) is 0 Å². The van der Waals surface area contributed by atoms with E-state index in [1.165, 1.54) is 48.5 Å². The molecule has 0 heterocycles. The molecule has 0 bridgehead atoms. The van der Waals surface area contributed by atoms with Crippen LogP contribution in [0.4, 0.5) is 11.4 Å². The third kappa shape index (κ3) is 2.80. The van der Waals surface area contributed by atoms with E-state index in [9.17, 15) is 20.2 Å². The lowest BCUT2D eigenvalue weighted by Crippen LogP contribution is -2.04. The lowest BCUT2D eigenvalue weighted by molar-refractivity contribution is -0.390. The molecule has 2 aromatic carbocycles. The molecule has 0 aromatic heterocycles. The van der Waals surface area contributed by atoms with Gasteiger partial charge >= 0.3 is 11.4 Å². The first-order valence-corrected chi connectivity index (χ1v) is 5.41. The van der Waals surface area contributed by atoms with Crippen LogP contribution in [0.1, 0.15) is 0 Å². The topological polar surface area (TPSA) is 105 Å². The number of para-hydroxylation sites is 4. The standard InChI is InChI=1S/C12H8N2O6/c15-13(16)9-5-1-3-7-11(9)19-20-12-8-4-2-6-10(12)14(17)18/h1-8H. The van der Waals surface area contributed by atoms with Gasteiger partial charge < -0.3 is 0 Å². The first-order chi connectivity index (χ1) is 9.59. The monoisotopic (exact) mass is 276 g/mol. The minimum Gasteiger partial charge on any atom is -0.282 e. The number of nitrogens with zero attached hydrogens (tertiary/aromatic N) is 2. The van der Waals surface area contributed by atoms with Crippen LogP contribution < -0.4 is 9.78 Å². The molecule has 0 N–H and O–H groups in total. The van der Waals surface area contributed by atoms with Crippen LogP contribution in [-0.2, 0) is 0 Å². The first-order valence-electron chi connectivity index (χ1n) is 5.41. The van der Waals surface area contributed by atoms with E-state index in [0.29, 0.717) is 0 Å². The fraction of sp³-hybridized carbons (Fsp3) is 0. The summed E-state index contributed by atoms with van der Waals surface area (Å²) in [5.74, 6) is -0.286. The molecule has 0 aliphatic carbocycles. The van der Waals surface area contributed by atoms with E-state index >= 15 is 0 Å². The van der Waals surface area contributed by atoms with Crippen LogP contribution in [0.3, 0.4) is 0 Å². The average Bonchev–Trinajstić information content (AvgIpc) is 2.45. The van der Waals surface area contributed by atoms with Crippen LogP contribution in [-0.4, -0.2) is 9.85 Å². The van der Waals surface area contributed by atoms with Crippen LogP contribution in [0.15, 0.2) is 48.5 Å².